The number of nitrogens with zero attached hydrogens (tertiary/aromatic N) is 1. The molecule has 122 valence electrons. The highest BCUT2D eigenvalue weighted by Gasteiger charge is 2.32. The summed E-state index contributed by atoms with van der Waals surface area (Å²) in [7, 11) is -4.09. The highest BCUT2D eigenvalue weighted by molar-refractivity contribution is 9.10. The number of halogens is 1. The number of hydrogen-bond donors (Lipinski definition) is 1. The Hall–Kier alpha value is -2.37. The van der Waals surface area contributed by atoms with Gasteiger partial charge < -0.3 is 4.74 Å². The lowest BCUT2D eigenvalue weighted by Gasteiger charge is -2.11. The Balaban J connectivity index is 1.87. The van der Waals surface area contributed by atoms with Crippen molar-refractivity contribution >= 4 is 31.9 Å². The summed E-state index contributed by atoms with van der Waals surface area (Å²) in [5.74, 6) is -0.790. The van der Waals surface area contributed by atoms with Crippen LogP contribution in [-0.4, -0.2) is 20.9 Å². The van der Waals surface area contributed by atoms with E-state index in [0.29, 0.717) is 15.8 Å². The molecule has 1 amide bonds. The first-order valence-corrected chi connectivity index (χ1v) is 9.17. The van der Waals surface area contributed by atoms with Gasteiger partial charge in [-0.15, -0.1) is 0 Å². The average Bonchev–Trinajstić information content (AvgIpc) is 2.98. The normalized spacial score (nSPS) is 15.9. The van der Waals surface area contributed by atoms with Crippen LogP contribution in [0.25, 0.3) is 0 Å². The summed E-state index contributed by atoms with van der Waals surface area (Å²) in [6.45, 7) is 0.0859. The number of hydrogen-bond acceptors (Lipinski definition) is 5. The van der Waals surface area contributed by atoms with Crippen molar-refractivity contribution in [3.05, 3.63) is 58.1 Å². The molecule has 0 spiro atoms. The molecule has 0 aliphatic carbocycles. The summed E-state index contributed by atoms with van der Waals surface area (Å²) in [6, 6.07) is 12.9. The Morgan fingerprint density at radius 2 is 2.04 bits per heavy atom. The van der Waals surface area contributed by atoms with Gasteiger partial charge in [-0.05, 0) is 24.3 Å². The van der Waals surface area contributed by atoms with Gasteiger partial charge in [-0.2, -0.15) is 5.26 Å². The molecule has 0 saturated carbocycles. The Kier molecular flexibility index (Phi) is 4.30. The van der Waals surface area contributed by atoms with E-state index in [-0.39, 0.29) is 17.1 Å². The molecule has 0 radical (unpaired) electrons. The summed E-state index contributed by atoms with van der Waals surface area (Å²) in [5.41, 5.74) is 0.823. The van der Waals surface area contributed by atoms with Crippen LogP contribution >= 0.6 is 15.9 Å². The zero-order valence-electron chi connectivity index (χ0n) is 12.2. The third-order valence-electron chi connectivity index (χ3n) is 3.56. The van der Waals surface area contributed by atoms with Crippen LogP contribution in [0.5, 0.6) is 5.75 Å². The number of fused-ring (bicyclic) bond motifs is 1. The van der Waals surface area contributed by atoms with Gasteiger partial charge >= 0.3 is 0 Å². The highest BCUT2D eigenvalue weighted by atomic mass is 79.9. The van der Waals surface area contributed by atoms with E-state index in [4.69, 9.17) is 10.00 Å². The maximum Gasteiger partial charge on any atom is 0.264 e. The molecular weight excluding hydrogens is 396 g/mol. The van der Waals surface area contributed by atoms with Crippen molar-refractivity contribution in [2.75, 3.05) is 6.61 Å². The number of rotatable bonds is 3. The first kappa shape index (κ1) is 16.5. The van der Waals surface area contributed by atoms with Gasteiger partial charge in [0, 0.05) is 10.0 Å². The minimum atomic E-state index is -4.09. The van der Waals surface area contributed by atoms with Crippen molar-refractivity contribution in [1.82, 2.24) is 4.72 Å². The third-order valence-corrected chi connectivity index (χ3v) is 5.35. The number of sulfonamides is 1. The van der Waals surface area contributed by atoms with Crippen LogP contribution in [0.1, 0.15) is 17.0 Å². The number of benzene rings is 2. The largest absolute Gasteiger partial charge is 0.492 e. The fraction of sp³-hybridized carbons (Fsp3) is 0.125. The second-order valence-corrected chi connectivity index (χ2v) is 7.76. The van der Waals surface area contributed by atoms with Crippen LogP contribution < -0.4 is 9.46 Å². The molecule has 24 heavy (non-hydrogen) atoms. The predicted octanol–water partition coefficient (Wildman–Crippen LogP) is 2.30. The second kappa shape index (κ2) is 6.26. The van der Waals surface area contributed by atoms with Crippen LogP contribution in [0.4, 0.5) is 0 Å². The number of nitriles is 1. The van der Waals surface area contributed by atoms with Gasteiger partial charge in [-0.25, -0.2) is 13.1 Å². The first-order valence-electron chi connectivity index (χ1n) is 6.90. The number of amides is 1. The Labute approximate surface area is 147 Å². The lowest BCUT2D eigenvalue weighted by Crippen LogP contribution is -2.35. The molecule has 2 aromatic carbocycles. The summed E-state index contributed by atoms with van der Waals surface area (Å²) in [5, 5.41) is 8.95. The topological polar surface area (TPSA) is 96.3 Å². The highest BCUT2D eigenvalue weighted by Crippen LogP contribution is 2.33. The molecule has 1 unspecified atom stereocenters. The second-order valence-electron chi connectivity index (χ2n) is 5.16. The predicted molar refractivity (Wildman–Crippen MR) is 88.9 cm³/mol. The summed E-state index contributed by atoms with van der Waals surface area (Å²) in [4.78, 5) is 12.2. The van der Waals surface area contributed by atoms with Crippen molar-refractivity contribution in [3.63, 3.8) is 0 Å². The van der Waals surface area contributed by atoms with Crippen LogP contribution in [0.15, 0.2) is 51.8 Å². The molecule has 0 aromatic heterocycles. The van der Waals surface area contributed by atoms with E-state index >= 15 is 0 Å². The van der Waals surface area contributed by atoms with E-state index in [1.807, 2.05) is 6.07 Å². The summed E-state index contributed by atoms with van der Waals surface area (Å²) in [6.07, 6.45) is 0. The van der Waals surface area contributed by atoms with Crippen molar-refractivity contribution in [1.29, 1.82) is 5.26 Å². The van der Waals surface area contributed by atoms with Gasteiger partial charge in [0.1, 0.15) is 18.3 Å². The van der Waals surface area contributed by atoms with Gasteiger partial charge in [-0.3, -0.25) is 4.79 Å². The van der Waals surface area contributed by atoms with E-state index < -0.39 is 21.8 Å². The van der Waals surface area contributed by atoms with Gasteiger partial charge in [0.2, 0.25) is 5.91 Å². The number of carbonyl (C=O) groups is 1. The molecule has 0 fully saturated rings. The number of ether oxygens (including phenoxy) is 1. The van der Waals surface area contributed by atoms with Crippen molar-refractivity contribution < 1.29 is 17.9 Å². The van der Waals surface area contributed by atoms with Crippen molar-refractivity contribution in [2.45, 2.75) is 10.8 Å². The molecule has 3 rings (SSSR count). The Bertz CT molecular complexity index is 966. The molecule has 1 aliphatic rings. The van der Waals surface area contributed by atoms with Crippen molar-refractivity contribution in [3.8, 4) is 11.8 Å². The molecule has 1 heterocycles. The maximum absolute atomic E-state index is 12.4. The molecular formula is C16H11BrN2O4S. The zero-order chi connectivity index (χ0) is 17.3. The fourth-order valence-corrected chi connectivity index (χ4v) is 4.16. The monoisotopic (exact) mass is 406 g/mol. The number of para-hydroxylation sites is 1. The SMILES string of the molecule is N#Cc1cc(Br)cc(S(=O)(=O)NC(=O)C2COc3ccccc32)c1. The standard InChI is InChI=1S/C16H11BrN2O4S/c17-11-5-10(8-18)6-12(7-11)24(21,22)19-16(20)14-9-23-15-4-2-1-3-13(14)15/h1-7,14H,9H2,(H,19,20). The van der Waals surface area contributed by atoms with E-state index in [9.17, 15) is 13.2 Å². The van der Waals surface area contributed by atoms with E-state index in [2.05, 4.69) is 20.7 Å². The third kappa shape index (κ3) is 3.13. The lowest BCUT2D eigenvalue weighted by molar-refractivity contribution is -0.120. The summed E-state index contributed by atoms with van der Waals surface area (Å²) >= 11 is 3.15. The lowest BCUT2D eigenvalue weighted by atomic mass is 10.0. The number of nitrogens with one attached hydrogen (secondary N) is 1. The van der Waals surface area contributed by atoms with E-state index in [0.717, 1.165) is 0 Å². The van der Waals surface area contributed by atoms with Gasteiger partial charge in [-0.1, -0.05) is 34.1 Å². The van der Waals surface area contributed by atoms with Gasteiger partial charge in [0.25, 0.3) is 10.0 Å². The van der Waals surface area contributed by atoms with Crippen LogP contribution in [0, 0.1) is 11.3 Å². The minimum absolute atomic E-state index is 0.0859. The fourth-order valence-electron chi connectivity index (χ4n) is 2.42. The van der Waals surface area contributed by atoms with Crippen LogP contribution in [0.3, 0.4) is 0 Å². The van der Waals surface area contributed by atoms with Gasteiger partial charge in [0.05, 0.1) is 16.5 Å². The molecule has 1 atom stereocenters. The zero-order valence-corrected chi connectivity index (χ0v) is 14.6. The van der Waals surface area contributed by atoms with E-state index in [1.165, 1.54) is 18.2 Å². The van der Waals surface area contributed by atoms with Gasteiger partial charge in [0.15, 0.2) is 0 Å². The Morgan fingerprint density at radius 1 is 1.29 bits per heavy atom. The molecule has 1 aliphatic heterocycles. The van der Waals surface area contributed by atoms with Crippen molar-refractivity contribution in [2.24, 2.45) is 0 Å². The van der Waals surface area contributed by atoms with E-state index in [1.54, 1.807) is 24.3 Å². The van der Waals surface area contributed by atoms with Crippen LogP contribution in [-0.2, 0) is 14.8 Å². The first-order chi connectivity index (χ1) is 11.4. The average molecular weight is 407 g/mol. The molecule has 0 saturated heterocycles. The minimum Gasteiger partial charge on any atom is -0.492 e. The molecule has 1 N–H and O–H groups in total. The molecule has 6 nitrogen and oxygen atoms in total. The molecule has 0 bridgehead atoms. The Morgan fingerprint density at radius 3 is 2.79 bits per heavy atom. The smallest absolute Gasteiger partial charge is 0.264 e. The molecule has 8 heteroatoms. The maximum atomic E-state index is 12.4. The summed E-state index contributed by atoms with van der Waals surface area (Å²) < 4.78 is 32.8. The number of carbonyl (C=O) groups excluding carboxylic acids is 1. The molecule has 2 aromatic rings. The van der Waals surface area contributed by atoms with Crippen LogP contribution in [0.2, 0.25) is 0 Å². The quantitative estimate of drug-likeness (QED) is 0.843.